The van der Waals surface area contributed by atoms with Gasteiger partial charge in [-0.15, -0.1) is 0 Å². The largest absolute Gasteiger partial charge is 0.396 e. The predicted octanol–water partition coefficient (Wildman–Crippen LogP) is 4.34. The third-order valence-corrected chi connectivity index (χ3v) is 4.12. The number of aromatic nitrogens is 2. The molecule has 0 saturated carbocycles. The quantitative estimate of drug-likeness (QED) is 0.627. The van der Waals surface area contributed by atoms with E-state index in [2.05, 4.69) is 15.5 Å². The molecule has 1 aromatic heterocycles. The van der Waals surface area contributed by atoms with Crippen LogP contribution in [-0.4, -0.2) is 16.0 Å². The Morgan fingerprint density at radius 3 is 2.50 bits per heavy atom. The number of aryl methyl sites for hydroxylation is 1. The van der Waals surface area contributed by atoms with Crippen LogP contribution in [0.3, 0.4) is 0 Å². The molecule has 0 aliphatic heterocycles. The molecule has 1 heterocycles. The SMILES string of the molecule is Nc1c(Cl)cc(NC(=O)CCc2nc(-c3ccc(F)cc3)no2)cc1Cl. The number of rotatable bonds is 5. The van der Waals surface area contributed by atoms with Gasteiger partial charge < -0.3 is 15.6 Å². The zero-order valence-electron chi connectivity index (χ0n) is 13.3. The standard InChI is InChI=1S/C17H13Cl2FN4O2/c18-12-7-11(8-13(19)16(12)21)22-14(25)5-6-15-23-17(24-26-15)9-1-3-10(20)4-2-9/h1-4,7-8H,5-6,21H2,(H,22,25). The van der Waals surface area contributed by atoms with Gasteiger partial charge in [-0.2, -0.15) is 4.98 Å². The Hall–Kier alpha value is -2.64. The smallest absolute Gasteiger partial charge is 0.227 e. The van der Waals surface area contributed by atoms with Crippen molar-refractivity contribution < 1.29 is 13.7 Å². The number of nitrogens with two attached hydrogens (primary N) is 1. The van der Waals surface area contributed by atoms with Crippen LogP contribution in [0.1, 0.15) is 12.3 Å². The Labute approximate surface area is 158 Å². The van der Waals surface area contributed by atoms with E-state index >= 15 is 0 Å². The zero-order valence-corrected chi connectivity index (χ0v) is 14.8. The van der Waals surface area contributed by atoms with Gasteiger partial charge in [0, 0.05) is 24.1 Å². The van der Waals surface area contributed by atoms with Crippen LogP contribution in [0.25, 0.3) is 11.4 Å². The third-order valence-electron chi connectivity index (χ3n) is 3.50. The first-order valence-electron chi connectivity index (χ1n) is 7.55. The zero-order chi connectivity index (χ0) is 18.7. The monoisotopic (exact) mass is 394 g/mol. The van der Waals surface area contributed by atoms with Gasteiger partial charge in [-0.1, -0.05) is 28.4 Å². The number of anilines is 2. The first-order valence-corrected chi connectivity index (χ1v) is 8.31. The molecule has 0 aliphatic rings. The highest BCUT2D eigenvalue weighted by Crippen LogP contribution is 2.31. The maximum absolute atomic E-state index is 12.9. The van der Waals surface area contributed by atoms with Crippen LogP contribution >= 0.6 is 23.2 Å². The number of nitrogen functional groups attached to an aromatic ring is 1. The minimum Gasteiger partial charge on any atom is -0.396 e. The summed E-state index contributed by atoms with van der Waals surface area (Å²) in [6.45, 7) is 0. The van der Waals surface area contributed by atoms with E-state index in [0.29, 0.717) is 23.0 Å². The molecule has 0 aliphatic carbocycles. The highest BCUT2D eigenvalue weighted by atomic mass is 35.5. The molecule has 3 rings (SSSR count). The summed E-state index contributed by atoms with van der Waals surface area (Å²) in [5.41, 5.74) is 6.97. The molecule has 3 aromatic rings. The average molecular weight is 395 g/mol. The molecule has 0 unspecified atom stereocenters. The number of carbonyl (C=O) groups is 1. The van der Waals surface area contributed by atoms with Gasteiger partial charge in [0.05, 0.1) is 15.7 Å². The minimum atomic E-state index is -0.350. The van der Waals surface area contributed by atoms with Crippen LogP contribution in [0.2, 0.25) is 10.0 Å². The first kappa shape index (κ1) is 18.2. The van der Waals surface area contributed by atoms with Crippen molar-refractivity contribution in [3.05, 3.63) is 58.2 Å². The van der Waals surface area contributed by atoms with Gasteiger partial charge in [0.2, 0.25) is 17.6 Å². The first-order chi connectivity index (χ1) is 12.4. The number of nitrogens with zero attached hydrogens (tertiary/aromatic N) is 2. The van der Waals surface area contributed by atoms with Crippen LogP contribution in [0.5, 0.6) is 0 Å². The average Bonchev–Trinajstić information content (AvgIpc) is 3.07. The maximum Gasteiger partial charge on any atom is 0.227 e. The molecular weight excluding hydrogens is 382 g/mol. The molecule has 3 N–H and O–H groups in total. The van der Waals surface area contributed by atoms with E-state index in [1.807, 2.05) is 0 Å². The number of hydrogen-bond acceptors (Lipinski definition) is 5. The van der Waals surface area contributed by atoms with Crippen LogP contribution < -0.4 is 11.1 Å². The number of benzene rings is 2. The van der Waals surface area contributed by atoms with Crippen molar-refractivity contribution in [3.8, 4) is 11.4 Å². The number of amides is 1. The molecule has 2 aromatic carbocycles. The van der Waals surface area contributed by atoms with Gasteiger partial charge in [0.15, 0.2) is 0 Å². The molecule has 0 spiro atoms. The van der Waals surface area contributed by atoms with E-state index in [-0.39, 0.29) is 40.3 Å². The van der Waals surface area contributed by atoms with Gasteiger partial charge in [-0.25, -0.2) is 4.39 Å². The summed E-state index contributed by atoms with van der Waals surface area (Å²) in [6.07, 6.45) is 0.362. The summed E-state index contributed by atoms with van der Waals surface area (Å²) in [5, 5.41) is 7.01. The normalized spacial score (nSPS) is 10.7. The number of carbonyl (C=O) groups excluding carboxylic acids is 1. The van der Waals surface area contributed by atoms with E-state index in [1.165, 1.54) is 24.3 Å². The fourth-order valence-corrected chi connectivity index (χ4v) is 2.66. The molecule has 0 radical (unpaired) electrons. The Bertz CT molecular complexity index is 921. The van der Waals surface area contributed by atoms with Gasteiger partial charge in [-0.05, 0) is 36.4 Å². The van der Waals surface area contributed by atoms with Crippen molar-refractivity contribution >= 4 is 40.5 Å². The highest BCUT2D eigenvalue weighted by Gasteiger charge is 2.12. The minimum absolute atomic E-state index is 0.116. The Morgan fingerprint density at radius 1 is 1.19 bits per heavy atom. The molecule has 0 bridgehead atoms. The Morgan fingerprint density at radius 2 is 1.85 bits per heavy atom. The van der Waals surface area contributed by atoms with Gasteiger partial charge in [0.25, 0.3) is 0 Å². The maximum atomic E-state index is 12.9. The summed E-state index contributed by atoms with van der Waals surface area (Å²) in [6, 6.07) is 8.74. The van der Waals surface area contributed by atoms with Gasteiger partial charge >= 0.3 is 0 Å². The van der Waals surface area contributed by atoms with E-state index < -0.39 is 0 Å². The van der Waals surface area contributed by atoms with Crippen molar-refractivity contribution in [1.29, 1.82) is 0 Å². The summed E-state index contributed by atoms with van der Waals surface area (Å²) >= 11 is 11.9. The molecule has 6 nitrogen and oxygen atoms in total. The fraction of sp³-hybridized carbons (Fsp3) is 0.118. The fourth-order valence-electron chi connectivity index (χ4n) is 2.17. The number of nitrogens with one attached hydrogen (secondary N) is 1. The summed E-state index contributed by atoms with van der Waals surface area (Å²) < 4.78 is 18.0. The van der Waals surface area contributed by atoms with E-state index in [9.17, 15) is 9.18 Å². The Kier molecular flexibility index (Phi) is 5.39. The van der Waals surface area contributed by atoms with Crippen LogP contribution in [0.15, 0.2) is 40.9 Å². The second-order valence-electron chi connectivity index (χ2n) is 5.42. The van der Waals surface area contributed by atoms with Gasteiger partial charge in [0.1, 0.15) is 5.82 Å². The van der Waals surface area contributed by atoms with Crippen LogP contribution in [0.4, 0.5) is 15.8 Å². The predicted molar refractivity (Wildman–Crippen MR) is 97.5 cm³/mol. The number of halogens is 3. The lowest BCUT2D eigenvalue weighted by Gasteiger charge is -2.07. The van der Waals surface area contributed by atoms with Crippen LogP contribution in [0, 0.1) is 5.82 Å². The summed E-state index contributed by atoms with van der Waals surface area (Å²) in [7, 11) is 0. The summed E-state index contributed by atoms with van der Waals surface area (Å²) in [4.78, 5) is 16.2. The van der Waals surface area contributed by atoms with Crippen molar-refractivity contribution in [2.45, 2.75) is 12.8 Å². The van der Waals surface area contributed by atoms with E-state index in [0.717, 1.165) is 0 Å². The number of hydrogen-bond donors (Lipinski definition) is 2. The van der Waals surface area contributed by atoms with Crippen LogP contribution in [-0.2, 0) is 11.2 Å². The molecule has 1 amide bonds. The second-order valence-corrected chi connectivity index (χ2v) is 6.23. The highest BCUT2D eigenvalue weighted by molar-refractivity contribution is 6.39. The third kappa shape index (κ3) is 4.30. The van der Waals surface area contributed by atoms with Crippen molar-refractivity contribution in [1.82, 2.24) is 10.1 Å². The molecule has 26 heavy (non-hydrogen) atoms. The summed E-state index contributed by atoms with van der Waals surface area (Å²) in [5.74, 6) is 0.00537. The van der Waals surface area contributed by atoms with Crippen molar-refractivity contribution in [2.24, 2.45) is 0 Å². The molecule has 9 heteroatoms. The van der Waals surface area contributed by atoms with E-state index in [4.69, 9.17) is 33.5 Å². The molecule has 0 atom stereocenters. The molecular formula is C17H13Cl2FN4O2. The van der Waals surface area contributed by atoms with Crippen molar-refractivity contribution in [2.75, 3.05) is 11.1 Å². The van der Waals surface area contributed by atoms with Crippen molar-refractivity contribution in [3.63, 3.8) is 0 Å². The van der Waals surface area contributed by atoms with E-state index in [1.54, 1.807) is 12.1 Å². The second kappa shape index (κ2) is 7.72. The lowest BCUT2D eigenvalue weighted by atomic mass is 10.2. The molecule has 0 saturated heterocycles. The lowest BCUT2D eigenvalue weighted by Crippen LogP contribution is -2.12. The topological polar surface area (TPSA) is 94.0 Å². The van der Waals surface area contributed by atoms with Gasteiger partial charge in [-0.3, -0.25) is 4.79 Å². The lowest BCUT2D eigenvalue weighted by molar-refractivity contribution is -0.116. The Balaban J connectivity index is 1.59. The molecule has 134 valence electrons. The molecule has 0 fully saturated rings.